The Morgan fingerprint density at radius 3 is 1.80 bits per heavy atom. The average molecular weight is 140 g/mol. The molecule has 0 aromatic heterocycles. The molecular formula is C5H4N2O3. The van der Waals surface area contributed by atoms with Crippen molar-refractivity contribution in [1.29, 1.82) is 0 Å². The lowest BCUT2D eigenvalue weighted by Gasteiger charge is -2.11. The number of nitrogens with one attached hydrogen (secondary N) is 2. The van der Waals surface area contributed by atoms with Crippen molar-refractivity contribution >= 4 is 17.8 Å². The molecular weight excluding hydrogens is 136 g/mol. The molecule has 1 heterocycles. The SMILES string of the molecule is C=C1C(=O)NC(=O)NC1=O. The Bertz CT molecular complexity index is 221. The highest BCUT2D eigenvalue weighted by Gasteiger charge is 2.25. The van der Waals surface area contributed by atoms with Gasteiger partial charge in [0.15, 0.2) is 0 Å². The second-order valence-electron chi connectivity index (χ2n) is 1.72. The summed E-state index contributed by atoms with van der Waals surface area (Å²) in [6, 6.07) is -0.803. The van der Waals surface area contributed by atoms with Gasteiger partial charge in [0, 0.05) is 0 Å². The van der Waals surface area contributed by atoms with E-state index in [1.165, 1.54) is 0 Å². The highest BCUT2D eigenvalue weighted by Crippen LogP contribution is 1.94. The summed E-state index contributed by atoms with van der Waals surface area (Å²) in [6.07, 6.45) is 0. The fourth-order valence-corrected chi connectivity index (χ4v) is 0.491. The molecule has 0 aromatic rings. The summed E-state index contributed by atoms with van der Waals surface area (Å²) in [5, 5.41) is 3.70. The second-order valence-corrected chi connectivity index (χ2v) is 1.72. The van der Waals surface area contributed by atoms with E-state index < -0.39 is 17.8 Å². The molecule has 1 aliphatic heterocycles. The van der Waals surface area contributed by atoms with Gasteiger partial charge < -0.3 is 0 Å². The van der Waals surface area contributed by atoms with Gasteiger partial charge in [-0.05, 0) is 0 Å². The lowest BCUT2D eigenvalue weighted by atomic mass is 10.2. The van der Waals surface area contributed by atoms with Gasteiger partial charge in [-0.15, -0.1) is 0 Å². The van der Waals surface area contributed by atoms with E-state index in [0.29, 0.717) is 0 Å². The Morgan fingerprint density at radius 1 is 1.00 bits per heavy atom. The number of carbonyl (C=O) groups excluding carboxylic acids is 3. The lowest BCUT2D eigenvalue weighted by molar-refractivity contribution is -0.123. The standard InChI is InChI=1S/C5H4N2O3/c1-2-3(8)6-5(10)7-4(2)9/h1H2,(H2,6,7,8,9,10). The van der Waals surface area contributed by atoms with E-state index in [0.717, 1.165) is 0 Å². The maximum absolute atomic E-state index is 10.5. The van der Waals surface area contributed by atoms with Crippen LogP contribution in [-0.4, -0.2) is 17.8 Å². The molecule has 1 fully saturated rings. The summed E-state index contributed by atoms with van der Waals surface area (Å²) in [7, 11) is 0. The van der Waals surface area contributed by atoms with Crippen LogP contribution in [-0.2, 0) is 9.59 Å². The molecule has 1 saturated heterocycles. The largest absolute Gasteiger partial charge is 0.328 e. The summed E-state index contributed by atoms with van der Waals surface area (Å²) in [4.78, 5) is 31.4. The van der Waals surface area contributed by atoms with Crippen LogP contribution in [0, 0.1) is 0 Å². The first-order valence-corrected chi connectivity index (χ1v) is 2.47. The fourth-order valence-electron chi connectivity index (χ4n) is 0.491. The van der Waals surface area contributed by atoms with Gasteiger partial charge in [-0.2, -0.15) is 0 Å². The van der Waals surface area contributed by atoms with E-state index in [9.17, 15) is 14.4 Å². The van der Waals surface area contributed by atoms with Crippen LogP contribution < -0.4 is 10.6 Å². The summed E-state index contributed by atoms with van der Waals surface area (Å²) in [5.74, 6) is -1.48. The summed E-state index contributed by atoms with van der Waals surface area (Å²) in [6.45, 7) is 3.13. The van der Waals surface area contributed by atoms with Crippen LogP contribution >= 0.6 is 0 Å². The number of amides is 4. The molecule has 0 saturated carbocycles. The molecule has 52 valence electrons. The van der Waals surface area contributed by atoms with Crippen LogP contribution in [0.5, 0.6) is 0 Å². The predicted molar refractivity (Wildman–Crippen MR) is 30.8 cm³/mol. The van der Waals surface area contributed by atoms with Gasteiger partial charge in [0.2, 0.25) is 0 Å². The van der Waals surface area contributed by atoms with Crippen LogP contribution in [0.3, 0.4) is 0 Å². The van der Waals surface area contributed by atoms with Crippen molar-refractivity contribution in [3.8, 4) is 0 Å². The van der Waals surface area contributed by atoms with Crippen molar-refractivity contribution in [2.24, 2.45) is 0 Å². The van der Waals surface area contributed by atoms with Crippen molar-refractivity contribution in [3.63, 3.8) is 0 Å². The maximum atomic E-state index is 10.5. The van der Waals surface area contributed by atoms with Gasteiger partial charge >= 0.3 is 6.03 Å². The fraction of sp³-hybridized carbons (Fsp3) is 0. The Labute approximate surface area is 56.1 Å². The molecule has 0 atom stereocenters. The van der Waals surface area contributed by atoms with Crippen LogP contribution in [0.15, 0.2) is 12.2 Å². The molecule has 5 nitrogen and oxygen atoms in total. The smallest absolute Gasteiger partial charge is 0.273 e. The maximum Gasteiger partial charge on any atom is 0.328 e. The molecule has 0 radical (unpaired) electrons. The van der Waals surface area contributed by atoms with E-state index in [1.54, 1.807) is 0 Å². The molecule has 1 aliphatic rings. The van der Waals surface area contributed by atoms with Crippen molar-refractivity contribution in [3.05, 3.63) is 12.2 Å². The zero-order valence-corrected chi connectivity index (χ0v) is 4.93. The van der Waals surface area contributed by atoms with Crippen molar-refractivity contribution in [2.75, 3.05) is 0 Å². The molecule has 1 rings (SSSR count). The zero-order chi connectivity index (χ0) is 7.72. The minimum absolute atomic E-state index is 0.250. The monoisotopic (exact) mass is 140 g/mol. The molecule has 0 unspecified atom stereocenters. The van der Waals surface area contributed by atoms with Crippen LogP contribution in [0.25, 0.3) is 0 Å². The first-order chi connectivity index (χ1) is 4.61. The molecule has 5 heteroatoms. The number of hydrogen-bond acceptors (Lipinski definition) is 3. The van der Waals surface area contributed by atoms with E-state index >= 15 is 0 Å². The van der Waals surface area contributed by atoms with E-state index in [4.69, 9.17) is 0 Å². The Morgan fingerprint density at radius 2 is 1.40 bits per heavy atom. The van der Waals surface area contributed by atoms with Gasteiger partial charge in [-0.3, -0.25) is 20.2 Å². The van der Waals surface area contributed by atoms with Crippen molar-refractivity contribution in [2.45, 2.75) is 0 Å². The molecule has 0 spiro atoms. The minimum atomic E-state index is -0.803. The number of imide groups is 2. The summed E-state index contributed by atoms with van der Waals surface area (Å²) < 4.78 is 0. The summed E-state index contributed by atoms with van der Waals surface area (Å²) >= 11 is 0. The van der Waals surface area contributed by atoms with Crippen LogP contribution in [0.2, 0.25) is 0 Å². The quantitative estimate of drug-likeness (QED) is 0.331. The number of rotatable bonds is 0. The van der Waals surface area contributed by atoms with Crippen molar-refractivity contribution < 1.29 is 14.4 Å². The van der Waals surface area contributed by atoms with E-state index in [1.807, 2.05) is 10.6 Å². The highest BCUT2D eigenvalue weighted by atomic mass is 16.2. The van der Waals surface area contributed by atoms with Gasteiger partial charge in [-0.1, -0.05) is 6.58 Å². The predicted octanol–water partition coefficient (Wildman–Crippen LogP) is -1.09. The Hall–Kier alpha value is -1.65. The molecule has 0 bridgehead atoms. The zero-order valence-electron chi connectivity index (χ0n) is 4.93. The minimum Gasteiger partial charge on any atom is -0.273 e. The second kappa shape index (κ2) is 1.94. The topological polar surface area (TPSA) is 75.3 Å². The van der Waals surface area contributed by atoms with Crippen molar-refractivity contribution in [1.82, 2.24) is 10.6 Å². The summed E-state index contributed by atoms with van der Waals surface area (Å²) in [5.41, 5.74) is -0.250. The Balaban J connectivity index is 2.86. The number of barbiturate groups is 1. The van der Waals surface area contributed by atoms with E-state index in [2.05, 4.69) is 6.58 Å². The molecule has 0 aromatic carbocycles. The lowest BCUT2D eigenvalue weighted by Crippen LogP contribution is -2.51. The normalized spacial score (nSPS) is 18.4. The highest BCUT2D eigenvalue weighted by molar-refractivity contribution is 6.28. The number of hydrogen-bond donors (Lipinski definition) is 2. The molecule has 10 heavy (non-hydrogen) atoms. The Kier molecular flexibility index (Phi) is 1.26. The van der Waals surface area contributed by atoms with Crippen LogP contribution in [0.1, 0.15) is 0 Å². The first kappa shape index (κ1) is 6.47. The van der Waals surface area contributed by atoms with Gasteiger partial charge in [0.25, 0.3) is 11.8 Å². The average Bonchev–Trinajstić information content (AvgIpc) is 1.82. The van der Waals surface area contributed by atoms with E-state index in [-0.39, 0.29) is 5.57 Å². The number of urea groups is 1. The molecule has 0 aliphatic carbocycles. The number of carbonyl (C=O) groups is 3. The third-order valence-electron chi connectivity index (χ3n) is 1.00. The van der Waals surface area contributed by atoms with Gasteiger partial charge in [0.05, 0.1) is 5.57 Å². The first-order valence-electron chi connectivity index (χ1n) is 2.47. The van der Waals surface area contributed by atoms with Crippen LogP contribution in [0.4, 0.5) is 4.79 Å². The molecule has 4 amide bonds. The van der Waals surface area contributed by atoms with Gasteiger partial charge in [0.1, 0.15) is 0 Å². The van der Waals surface area contributed by atoms with Gasteiger partial charge in [-0.25, -0.2) is 4.79 Å². The third-order valence-corrected chi connectivity index (χ3v) is 1.00. The third kappa shape index (κ3) is 0.883. The molecule has 2 N–H and O–H groups in total.